The van der Waals surface area contributed by atoms with E-state index in [0.717, 1.165) is 38.0 Å². The summed E-state index contributed by atoms with van der Waals surface area (Å²) in [6, 6.07) is 0. The Balaban J connectivity index is 2.07. The SMILES string of the molecule is CC1CCC(O)(C2(N)CCOC2)CC1. The van der Waals surface area contributed by atoms with E-state index >= 15 is 0 Å². The molecule has 0 amide bonds. The smallest absolute Gasteiger partial charge is 0.0850 e. The van der Waals surface area contributed by atoms with Crippen LogP contribution in [0.5, 0.6) is 0 Å². The minimum absolute atomic E-state index is 0.479. The number of ether oxygens (including phenoxy) is 1. The maximum Gasteiger partial charge on any atom is 0.0850 e. The van der Waals surface area contributed by atoms with E-state index in [-0.39, 0.29) is 0 Å². The Kier molecular flexibility index (Phi) is 2.58. The van der Waals surface area contributed by atoms with Gasteiger partial charge in [0.05, 0.1) is 17.7 Å². The quantitative estimate of drug-likeness (QED) is 0.663. The number of rotatable bonds is 1. The van der Waals surface area contributed by atoms with E-state index in [0.29, 0.717) is 13.2 Å². The van der Waals surface area contributed by atoms with E-state index in [4.69, 9.17) is 10.5 Å². The summed E-state index contributed by atoms with van der Waals surface area (Å²) in [6.07, 6.45) is 4.67. The van der Waals surface area contributed by atoms with Gasteiger partial charge in [-0.2, -0.15) is 0 Å². The van der Waals surface area contributed by atoms with E-state index in [1.807, 2.05) is 0 Å². The summed E-state index contributed by atoms with van der Waals surface area (Å²) in [6.45, 7) is 3.47. The van der Waals surface area contributed by atoms with Crippen LogP contribution < -0.4 is 5.73 Å². The van der Waals surface area contributed by atoms with Crippen LogP contribution in [0.15, 0.2) is 0 Å². The molecule has 1 unspecified atom stereocenters. The van der Waals surface area contributed by atoms with Crippen LogP contribution in [0.25, 0.3) is 0 Å². The molecule has 1 atom stereocenters. The summed E-state index contributed by atoms with van der Waals surface area (Å²) in [7, 11) is 0. The van der Waals surface area contributed by atoms with E-state index < -0.39 is 11.1 Å². The minimum atomic E-state index is -0.671. The molecule has 0 spiro atoms. The second-order valence-electron chi connectivity index (χ2n) is 5.17. The first-order valence-electron chi connectivity index (χ1n) is 5.65. The lowest BCUT2D eigenvalue weighted by Gasteiger charge is -2.45. The molecule has 3 heteroatoms. The molecular formula is C11H21NO2. The van der Waals surface area contributed by atoms with E-state index in [9.17, 15) is 5.11 Å². The fourth-order valence-electron chi connectivity index (χ4n) is 2.69. The highest BCUT2D eigenvalue weighted by Gasteiger charge is 2.50. The summed E-state index contributed by atoms with van der Waals surface area (Å²) in [5.41, 5.74) is 5.09. The number of nitrogens with two attached hydrogens (primary N) is 1. The zero-order valence-electron chi connectivity index (χ0n) is 8.96. The van der Waals surface area contributed by atoms with Crippen LogP contribution >= 0.6 is 0 Å². The van der Waals surface area contributed by atoms with E-state index in [1.54, 1.807) is 0 Å². The number of hydrogen-bond acceptors (Lipinski definition) is 3. The molecule has 3 nitrogen and oxygen atoms in total. The lowest BCUT2D eigenvalue weighted by atomic mass is 9.68. The van der Waals surface area contributed by atoms with Crippen LogP contribution in [-0.4, -0.2) is 29.5 Å². The first kappa shape index (κ1) is 10.4. The largest absolute Gasteiger partial charge is 0.388 e. The zero-order valence-corrected chi connectivity index (χ0v) is 8.96. The van der Waals surface area contributed by atoms with Crippen LogP contribution in [0.3, 0.4) is 0 Å². The Bertz CT molecular complexity index is 203. The molecule has 2 fully saturated rings. The second kappa shape index (κ2) is 3.47. The maximum atomic E-state index is 10.5. The molecule has 1 heterocycles. The van der Waals surface area contributed by atoms with Crippen molar-refractivity contribution in [3.05, 3.63) is 0 Å². The van der Waals surface area contributed by atoms with Crippen molar-refractivity contribution >= 4 is 0 Å². The van der Waals surface area contributed by atoms with Gasteiger partial charge < -0.3 is 15.6 Å². The first-order valence-corrected chi connectivity index (χ1v) is 5.65. The number of aliphatic hydroxyl groups is 1. The standard InChI is InChI=1S/C11H21NO2/c1-9-2-4-11(13,5-3-9)10(12)6-7-14-8-10/h9,13H,2-8,12H2,1H3. The average molecular weight is 199 g/mol. The molecule has 0 aromatic rings. The fraction of sp³-hybridized carbons (Fsp3) is 1.00. The van der Waals surface area contributed by atoms with Crippen LogP contribution in [-0.2, 0) is 4.74 Å². The van der Waals surface area contributed by atoms with Gasteiger partial charge in [-0.05, 0) is 38.0 Å². The molecule has 3 N–H and O–H groups in total. The van der Waals surface area contributed by atoms with Crippen molar-refractivity contribution in [2.75, 3.05) is 13.2 Å². The third-order valence-electron chi connectivity index (χ3n) is 4.08. The fourth-order valence-corrected chi connectivity index (χ4v) is 2.69. The van der Waals surface area contributed by atoms with Gasteiger partial charge in [-0.25, -0.2) is 0 Å². The van der Waals surface area contributed by atoms with Crippen LogP contribution in [0.2, 0.25) is 0 Å². The molecule has 0 bridgehead atoms. The lowest BCUT2D eigenvalue weighted by Crippen LogP contribution is -2.62. The Morgan fingerprint density at radius 3 is 2.43 bits per heavy atom. The van der Waals surface area contributed by atoms with Crippen LogP contribution in [0.4, 0.5) is 0 Å². The minimum Gasteiger partial charge on any atom is -0.388 e. The molecule has 0 aromatic heterocycles. The Hall–Kier alpha value is -0.120. The van der Waals surface area contributed by atoms with Crippen molar-refractivity contribution in [3.8, 4) is 0 Å². The van der Waals surface area contributed by atoms with E-state index in [2.05, 4.69) is 6.92 Å². The Labute approximate surface area is 85.6 Å². The molecule has 14 heavy (non-hydrogen) atoms. The molecule has 0 aromatic carbocycles. The highest BCUT2D eigenvalue weighted by Crippen LogP contribution is 2.41. The normalized spacial score (nSPS) is 49.5. The molecule has 1 saturated carbocycles. The summed E-state index contributed by atoms with van der Waals surface area (Å²) < 4.78 is 5.32. The average Bonchev–Trinajstić information content (AvgIpc) is 2.60. The van der Waals surface area contributed by atoms with Gasteiger partial charge in [0.2, 0.25) is 0 Å². The predicted octanol–water partition coefficient (Wildman–Crippen LogP) is 1.05. The van der Waals surface area contributed by atoms with Gasteiger partial charge in [0.1, 0.15) is 0 Å². The van der Waals surface area contributed by atoms with Crippen molar-refractivity contribution in [2.45, 2.75) is 50.2 Å². The highest BCUT2D eigenvalue weighted by atomic mass is 16.5. The van der Waals surface area contributed by atoms with Gasteiger partial charge in [-0.15, -0.1) is 0 Å². The highest BCUT2D eigenvalue weighted by molar-refractivity contribution is 5.07. The van der Waals surface area contributed by atoms with Crippen molar-refractivity contribution in [3.63, 3.8) is 0 Å². The molecule has 1 saturated heterocycles. The van der Waals surface area contributed by atoms with Crippen LogP contribution in [0, 0.1) is 5.92 Å². The monoisotopic (exact) mass is 199 g/mol. The summed E-state index contributed by atoms with van der Waals surface area (Å²) in [5, 5.41) is 10.5. The van der Waals surface area contributed by atoms with Gasteiger partial charge in [0.15, 0.2) is 0 Å². The molecular weight excluding hydrogens is 178 g/mol. The third-order valence-corrected chi connectivity index (χ3v) is 4.08. The predicted molar refractivity (Wildman–Crippen MR) is 54.9 cm³/mol. The summed E-state index contributed by atoms with van der Waals surface area (Å²) in [5.74, 6) is 0.737. The summed E-state index contributed by atoms with van der Waals surface area (Å²) in [4.78, 5) is 0. The van der Waals surface area contributed by atoms with Gasteiger partial charge in [0, 0.05) is 6.61 Å². The Morgan fingerprint density at radius 1 is 1.29 bits per heavy atom. The van der Waals surface area contributed by atoms with Crippen molar-refractivity contribution in [1.82, 2.24) is 0 Å². The maximum absolute atomic E-state index is 10.5. The molecule has 2 rings (SSSR count). The van der Waals surface area contributed by atoms with Crippen LogP contribution in [0.1, 0.15) is 39.0 Å². The van der Waals surface area contributed by atoms with Gasteiger partial charge >= 0.3 is 0 Å². The van der Waals surface area contributed by atoms with Crippen molar-refractivity contribution in [2.24, 2.45) is 11.7 Å². The molecule has 1 aliphatic heterocycles. The van der Waals surface area contributed by atoms with Crippen molar-refractivity contribution < 1.29 is 9.84 Å². The Morgan fingerprint density at radius 2 is 1.93 bits per heavy atom. The van der Waals surface area contributed by atoms with Gasteiger partial charge in [-0.1, -0.05) is 6.92 Å². The summed E-state index contributed by atoms with van der Waals surface area (Å²) >= 11 is 0. The van der Waals surface area contributed by atoms with Crippen molar-refractivity contribution in [1.29, 1.82) is 0 Å². The molecule has 2 aliphatic rings. The molecule has 82 valence electrons. The van der Waals surface area contributed by atoms with E-state index in [1.165, 1.54) is 0 Å². The topological polar surface area (TPSA) is 55.5 Å². The third kappa shape index (κ3) is 1.58. The van der Waals surface area contributed by atoms with Gasteiger partial charge in [0.25, 0.3) is 0 Å². The zero-order chi connectivity index (χ0) is 10.2. The lowest BCUT2D eigenvalue weighted by molar-refractivity contribution is -0.0737. The first-order chi connectivity index (χ1) is 6.56. The number of hydrogen-bond donors (Lipinski definition) is 2. The second-order valence-corrected chi connectivity index (χ2v) is 5.17. The van der Waals surface area contributed by atoms with Gasteiger partial charge in [-0.3, -0.25) is 0 Å². The molecule has 0 radical (unpaired) electrons. The molecule has 1 aliphatic carbocycles.